The molecule has 4 rings (SSSR count). The minimum atomic E-state index is -0.512. The molecule has 224 valence electrons. The number of thiophene rings is 1. The monoisotopic (exact) mass is 633 g/mol. The Morgan fingerprint density at radius 3 is 2.57 bits per heavy atom. The van der Waals surface area contributed by atoms with Gasteiger partial charge in [0.1, 0.15) is 11.5 Å². The van der Waals surface area contributed by atoms with Crippen molar-refractivity contribution >= 4 is 79.4 Å². The highest BCUT2D eigenvalue weighted by atomic mass is 32.2. The normalized spacial score (nSPS) is 14.8. The van der Waals surface area contributed by atoms with E-state index in [9.17, 15) is 24.0 Å². The molecule has 0 aliphatic heterocycles. The van der Waals surface area contributed by atoms with Crippen molar-refractivity contribution in [3.63, 3.8) is 0 Å². The number of ether oxygens (including phenoxy) is 3. The summed E-state index contributed by atoms with van der Waals surface area (Å²) in [6.07, 6.45) is 2.58. The maximum absolute atomic E-state index is 12.8. The van der Waals surface area contributed by atoms with Gasteiger partial charge in [-0.3, -0.25) is 14.4 Å². The SMILES string of the molecule is CCOC(=O)Cn1c(=NC(=O)CSCC(=O)Nc2sc3c(c2C(=O)OC)CCC(C)C3)sc2cc(C(=O)OC)ccc21. The molecular weight excluding hydrogens is 603 g/mol. The predicted octanol–water partition coefficient (Wildman–Crippen LogP) is 3.82. The second-order valence-corrected chi connectivity index (χ2v) is 12.6. The van der Waals surface area contributed by atoms with Crippen molar-refractivity contribution in [1.82, 2.24) is 4.57 Å². The lowest BCUT2D eigenvalue weighted by Crippen LogP contribution is -2.23. The zero-order valence-corrected chi connectivity index (χ0v) is 26.1. The van der Waals surface area contributed by atoms with Gasteiger partial charge in [-0.05, 0) is 55.9 Å². The highest BCUT2D eigenvalue weighted by Gasteiger charge is 2.29. The summed E-state index contributed by atoms with van der Waals surface area (Å²) in [5.41, 5.74) is 2.29. The maximum Gasteiger partial charge on any atom is 0.341 e. The maximum atomic E-state index is 12.8. The number of benzene rings is 1. The van der Waals surface area contributed by atoms with E-state index in [1.807, 2.05) is 0 Å². The fourth-order valence-electron chi connectivity index (χ4n) is 4.58. The molecular formula is C28H31N3O8S3. The summed E-state index contributed by atoms with van der Waals surface area (Å²) in [5, 5.41) is 3.30. The Morgan fingerprint density at radius 1 is 1.10 bits per heavy atom. The number of thioether (sulfide) groups is 1. The Bertz CT molecular complexity index is 1600. The van der Waals surface area contributed by atoms with Gasteiger partial charge in [-0.15, -0.1) is 23.1 Å². The fraction of sp³-hybridized carbons (Fsp3) is 0.429. The molecule has 0 saturated heterocycles. The minimum Gasteiger partial charge on any atom is -0.465 e. The summed E-state index contributed by atoms with van der Waals surface area (Å²) in [6.45, 7) is 3.89. The van der Waals surface area contributed by atoms with Gasteiger partial charge in [0.25, 0.3) is 5.91 Å². The zero-order chi connectivity index (χ0) is 30.4. The van der Waals surface area contributed by atoms with Crippen LogP contribution >= 0.6 is 34.4 Å². The number of nitrogens with zero attached hydrogens (tertiary/aromatic N) is 2. The molecule has 3 aromatic rings. The number of thiazole rings is 1. The van der Waals surface area contributed by atoms with Gasteiger partial charge < -0.3 is 24.1 Å². The summed E-state index contributed by atoms with van der Waals surface area (Å²) >= 11 is 3.63. The summed E-state index contributed by atoms with van der Waals surface area (Å²) in [7, 11) is 2.60. The van der Waals surface area contributed by atoms with Crippen LogP contribution in [0.4, 0.5) is 5.00 Å². The first kappa shape index (κ1) is 31.4. The Hall–Kier alpha value is -3.49. The van der Waals surface area contributed by atoms with E-state index in [1.54, 1.807) is 29.7 Å². The smallest absolute Gasteiger partial charge is 0.341 e. The van der Waals surface area contributed by atoms with Crippen LogP contribution in [0.3, 0.4) is 0 Å². The first-order valence-electron chi connectivity index (χ1n) is 13.2. The van der Waals surface area contributed by atoms with Gasteiger partial charge in [-0.2, -0.15) is 4.99 Å². The molecule has 11 nitrogen and oxygen atoms in total. The lowest BCUT2D eigenvalue weighted by atomic mass is 9.88. The summed E-state index contributed by atoms with van der Waals surface area (Å²) in [6, 6.07) is 4.84. The molecule has 42 heavy (non-hydrogen) atoms. The number of carbonyl (C=O) groups is 5. The molecule has 0 spiro atoms. The molecule has 14 heteroatoms. The number of esters is 3. The number of anilines is 1. The number of rotatable bonds is 10. The van der Waals surface area contributed by atoms with E-state index in [1.165, 1.54) is 25.6 Å². The van der Waals surface area contributed by atoms with Crippen molar-refractivity contribution in [2.45, 2.75) is 39.7 Å². The molecule has 1 aliphatic rings. The van der Waals surface area contributed by atoms with Gasteiger partial charge in [-0.1, -0.05) is 18.3 Å². The molecule has 1 aromatic carbocycles. The topological polar surface area (TPSA) is 142 Å². The van der Waals surface area contributed by atoms with Crippen molar-refractivity contribution in [3.05, 3.63) is 44.6 Å². The van der Waals surface area contributed by atoms with Crippen LogP contribution in [0.15, 0.2) is 23.2 Å². The molecule has 0 saturated carbocycles. The van der Waals surface area contributed by atoms with Gasteiger partial charge in [0.05, 0.1) is 53.7 Å². The highest BCUT2D eigenvalue weighted by molar-refractivity contribution is 8.00. The molecule has 1 unspecified atom stereocenters. The van der Waals surface area contributed by atoms with E-state index >= 15 is 0 Å². The average Bonchev–Trinajstić information content (AvgIpc) is 3.48. The summed E-state index contributed by atoms with van der Waals surface area (Å²) < 4.78 is 17.0. The van der Waals surface area contributed by atoms with Crippen LogP contribution in [0.1, 0.15) is 51.4 Å². The standard InChI is InChI=1S/C28H31N3O8S3/c1-5-39-23(34)12-31-18-9-7-16(26(35)37-3)11-20(18)42-28(31)30-22(33)14-40-13-21(32)29-25-24(27(36)38-4)17-8-6-15(2)10-19(17)41-25/h7,9,11,15H,5-6,8,10,12-14H2,1-4H3,(H,29,32). The highest BCUT2D eigenvalue weighted by Crippen LogP contribution is 2.40. The van der Waals surface area contributed by atoms with Crippen LogP contribution < -0.4 is 10.1 Å². The zero-order valence-electron chi connectivity index (χ0n) is 23.6. The molecule has 2 aromatic heterocycles. The van der Waals surface area contributed by atoms with Crippen molar-refractivity contribution < 1.29 is 38.2 Å². The minimum absolute atomic E-state index is 0.0292. The van der Waals surface area contributed by atoms with Crippen molar-refractivity contribution in [1.29, 1.82) is 0 Å². The molecule has 1 aliphatic carbocycles. The van der Waals surface area contributed by atoms with Crippen molar-refractivity contribution in [2.75, 3.05) is 37.6 Å². The quantitative estimate of drug-likeness (QED) is 0.260. The van der Waals surface area contributed by atoms with Crippen LogP contribution in [0.5, 0.6) is 0 Å². The number of hydrogen-bond donors (Lipinski definition) is 1. The first-order chi connectivity index (χ1) is 20.1. The van der Waals surface area contributed by atoms with Crippen LogP contribution in [0.25, 0.3) is 10.2 Å². The van der Waals surface area contributed by atoms with E-state index in [0.29, 0.717) is 32.3 Å². The largest absolute Gasteiger partial charge is 0.465 e. The van der Waals surface area contributed by atoms with Crippen LogP contribution in [-0.2, 0) is 48.0 Å². The Morgan fingerprint density at radius 2 is 1.86 bits per heavy atom. The van der Waals surface area contributed by atoms with Gasteiger partial charge >= 0.3 is 17.9 Å². The Labute approximate surface area is 254 Å². The number of carbonyl (C=O) groups excluding carboxylic acids is 5. The number of nitrogens with one attached hydrogen (secondary N) is 1. The molecule has 2 amide bonds. The molecule has 0 fully saturated rings. The Kier molecular flexibility index (Phi) is 10.6. The second-order valence-electron chi connectivity index (χ2n) is 9.54. The van der Waals surface area contributed by atoms with Gasteiger partial charge in [0.15, 0.2) is 4.80 Å². The second kappa shape index (κ2) is 14.1. The number of aromatic nitrogens is 1. The van der Waals surface area contributed by atoms with E-state index in [-0.39, 0.29) is 35.4 Å². The Balaban J connectivity index is 1.47. The molecule has 1 N–H and O–H groups in total. The molecule has 2 heterocycles. The van der Waals surface area contributed by atoms with Crippen LogP contribution in [0.2, 0.25) is 0 Å². The van der Waals surface area contributed by atoms with E-state index < -0.39 is 23.8 Å². The third-order valence-corrected chi connectivity index (χ3v) is 9.66. The third kappa shape index (κ3) is 7.28. The number of fused-ring (bicyclic) bond motifs is 2. The summed E-state index contributed by atoms with van der Waals surface area (Å²) in [5.74, 6) is -1.94. The number of amides is 2. The van der Waals surface area contributed by atoms with Gasteiger partial charge in [0, 0.05) is 4.88 Å². The van der Waals surface area contributed by atoms with E-state index in [2.05, 4.69) is 17.2 Å². The van der Waals surface area contributed by atoms with E-state index in [0.717, 1.165) is 52.8 Å². The predicted molar refractivity (Wildman–Crippen MR) is 161 cm³/mol. The molecule has 0 bridgehead atoms. The fourth-order valence-corrected chi connectivity index (χ4v) is 7.68. The number of methoxy groups -OCH3 is 2. The molecule has 1 atom stereocenters. The van der Waals surface area contributed by atoms with E-state index in [4.69, 9.17) is 14.2 Å². The van der Waals surface area contributed by atoms with Crippen molar-refractivity contribution in [3.8, 4) is 0 Å². The first-order valence-corrected chi connectivity index (χ1v) is 16.0. The lowest BCUT2D eigenvalue weighted by Gasteiger charge is -2.18. The summed E-state index contributed by atoms with van der Waals surface area (Å²) in [4.78, 5) is 67.8. The lowest BCUT2D eigenvalue weighted by molar-refractivity contribution is -0.143. The third-order valence-electron chi connectivity index (χ3n) is 6.53. The van der Waals surface area contributed by atoms with Gasteiger partial charge in [-0.25, -0.2) is 9.59 Å². The molecule has 0 radical (unpaired) electrons. The van der Waals surface area contributed by atoms with Crippen molar-refractivity contribution in [2.24, 2.45) is 10.9 Å². The van der Waals surface area contributed by atoms with Crippen LogP contribution in [0, 0.1) is 5.92 Å². The number of hydrogen-bond acceptors (Lipinski definition) is 11. The average molecular weight is 634 g/mol. The van der Waals surface area contributed by atoms with Crippen LogP contribution in [-0.4, -0.2) is 66.6 Å². The van der Waals surface area contributed by atoms with Gasteiger partial charge in [0.2, 0.25) is 5.91 Å².